The summed E-state index contributed by atoms with van der Waals surface area (Å²) in [7, 11) is 4.66. The average Bonchev–Trinajstić information content (AvgIpc) is 3.08. The number of hydrogen-bond acceptors (Lipinski definition) is 7. The lowest BCUT2D eigenvalue weighted by atomic mass is 10.1. The van der Waals surface area contributed by atoms with Crippen molar-refractivity contribution >= 4 is 40.1 Å². The largest absolute Gasteiger partial charge is 0.497 e. The topological polar surface area (TPSA) is 89.5 Å². The molecule has 1 unspecified atom stereocenters. The van der Waals surface area contributed by atoms with Crippen molar-refractivity contribution in [3.05, 3.63) is 47.5 Å². The number of carbonyl (C=O) groups is 2. The molecule has 0 saturated carbocycles. The van der Waals surface area contributed by atoms with E-state index in [0.717, 1.165) is 16.8 Å². The normalized spacial score (nSPS) is 16.9. The molecule has 1 atom stereocenters. The van der Waals surface area contributed by atoms with Gasteiger partial charge in [0.25, 0.3) is 0 Å². The lowest BCUT2D eigenvalue weighted by molar-refractivity contribution is -0.128. The Morgan fingerprint density at radius 3 is 2.58 bits per heavy atom. The highest BCUT2D eigenvalue weighted by molar-refractivity contribution is 8.15. The number of ether oxygens (including phenoxy) is 3. The van der Waals surface area contributed by atoms with Crippen molar-refractivity contribution in [2.45, 2.75) is 25.5 Å². The molecule has 0 aromatic heterocycles. The second kappa shape index (κ2) is 11.2. The molecule has 9 heteroatoms. The number of thioether (sulfide) groups is 1. The monoisotopic (exact) mass is 471 g/mol. The molecule has 2 aromatic rings. The quantitative estimate of drug-likeness (QED) is 0.596. The van der Waals surface area contributed by atoms with E-state index in [0.29, 0.717) is 35.5 Å². The maximum atomic E-state index is 13.1. The molecule has 1 heterocycles. The smallest absolute Gasteiger partial charge is 0.242 e. The minimum Gasteiger partial charge on any atom is -0.497 e. The van der Waals surface area contributed by atoms with E-state index in [1.54, 1.807) is 37.3 Å². The summed E-state index contributed by atoms with van der Waals surface area (Å²) < 4.78 is 15.7. The molecule has 1 N–H and O–H groups in total. The van der Waals surface area contributed by atoms with E-state index in [9.17, 15) is 9.59 Å². The molecule has 2 aromatic carbocycles. The highest BCUT2D eigenvalue weighted by Crippen LogP contribution is 2.34. The molecule has 0 spiro atoms. The van der Waals surface area contributed by atoms with Crippen LogP contribution in [0.1, 0.15) is 17.5 Å². The first-order chi connectivity index (χ1) is 15.9. The number of carbonyl (C=O) groups excluding carboxylic acids is 2. The summed E-state index contributed by atoms with van der Waals surface area (Å²) in [4.78, 5) is 32.2. The Bertz CT molecular complexity index is 1060. The molecule has 1 aliphatic heterocycles. The van der Waals surface area contributed by atoms with Gasteiger partial charge in [-0.05, 0) is 37.6 Å². The maximum Gasteiger partial charge on any atom is 0.242 e. The van der Waals surface area contributed by atoms with Gasteiger partial charge in [0.1, 0.15) is 16.7 Å². The van der Waals surface area contributed by atoms with E-state index in [-0.39, 0.29) is 18.2 Å². The summed E-state index contributed by atoms with van der Waals surface area (Å²) in [5, 5.41) is 2.83. The van der Waals surface area contributed by atoms with Crippen molar-refractivity contribution in [1.82, 2.24) is 4.90 Å². The van der Waals surface area contributed by atoms with Crippen LogP contribution in [0.15, 0.2) is 41.4 Å². The highest BCUT2D eigenvalue weighted by Gasteiger charge is 2.39. The van der Waals surface area contributed by atoms with Crippen LogP contribution in [-0.2, 0) is 14.3 Å². The lowest BCUT2D eigenvalue weighted by Crippen LogP contribution is -2.35. The van der Waals surface area contributed by atoms with Crippen molar-refractivity contribution in [3.8, 4) is 11.5 Å². The Labute approximate surface area is 198 Å². The third-order valence-corrected chi connectivity index (χ3v) is 6.34. The summed E-state index contributed by atoms with van der Waals surface area (Å²) in [6.07, 6.45) is 0.00800. The zero-order valence-corrected chi connectivity index (χ0v) is 20.3. The number of hydrogen-bond donors (Lipinski definition) is 1. The Hall–Kier alpha value is -3.04. The predicted molar refractivity (Wildman–Crippen MR) is 131 cm³/mol. The Balaban J connectivity index is 1.77. The molecular weight excluding hydrogens is 442 g/mol. The molecule has 1 fully saturated rings. The zero-order chi connectivity index (χ0) is 24.0. The SMILES string of the molecule is COCCN1C(=O)C(CC(=O)Nc2ccc(OC)cc2OC)SC1=Nc1ccc(C)cc1C. The molecule has 8 nitrogen and oxygen atoms in total. The minimum absolute atomic E-state index is 0.00800. The van der Waals surface area contributed by atoms with Crippen LogP contribution in [0.2, 0.25) is 0 Å². The van der Waals surface area contributed by atoms with Crippen LogP contribution in [0.5, 0.6) is 11.5 Å². The number of methoxy groups -OCH3 is 3. The van der Waals surface area contributed by atoms with Gasteiger partial charge in [0.05, 0.1) is 38.7 Å². The predicted octanol–water partition coefficient (Wildman–Crippen LogP) is 3.93. The van der Waals surface area contributed by atoms with Gasteiger partial charge in [-0.1, -0.05) is 29.5 Å². The van der Waals surface area contributed by atoms with Crippen molar-refractivity contribution < 1.29 is 23.8 Å². The van der Waals surface area contributed by atoms with Gasteiger partial charge in [-0.3, -0.25) is 14.5 Å². The Kier molecular flexibility index (Phi) is 8.35. The lowest BCUT2D eigenvalue weighted by Gasteiger charge is -2.16. The fourth-order valence-electron chi connectivity index (χ4n) is 3.42. The molecule has 0 radical (unpaired) electrons. The number of amidine groups is 1. The summed E-state index contributed by atoms with van der Waals surface area (Å²) >= 11 is 1.30. The number of benzene rings is 2. The number of rotatable bonds is 9. The highest BCUT2D eigenvalue weighted by atomic mass is 32.2. The number of nitrogens with zero attached hydrogens (tertiary/aromatic N) is 2. The molecule has 1 aliphatic rings. The van der Waals surface area contributed by atoms with Crippen molar-refractivity contribution in [1.29, 1.82) is 0 Å². The first kappa shape index (κ1) is 24.6. The first-order valence-corrected chi connectivity index (χ1v) is 11.4. The Morgan fingerprint density at radius 1 is 1.12 bits per heavy atom. The van der Waals surface area contributed by atoms with E-state index in [1.807, 2.05) is 32.0 Å². The van der Waals surface area contributed by atoms with Crippen LogP contribution in [0.3, 0.4) is 0 Å². The van der Waals surface area contributed by atoms with E-state index in [2.05, 4.69) is 5.32 Å². The molecule has 0 aliphatic carbocycles. The number of anilines is 1. The molecule has 2 amide bonds. The number of aryl methyl sites for hydroxylation is 2. The van der Waals surface area contributed by atoms with Gasteiger partial charge in [0.2, 0.25) is 11.8 Å². The van der Waals surface area contributed by atoms with Gasteiger partial charge in [-0.25, -0.2) is 4.99 Å². The fraction of sp³-hybridized carbons (Fsp3) is 0.375. The fourth-order valence-corrected chi connectivity index (χ4v) is 4.60. The second-order valence-corrected chi connectivity index (χ2v) is 8.76. The van der Waals surface area contributed by atoms with Gasteiger partial charge in [-0.15, -0.1) is 0 Å². The van der Waals surface area contributed by atoms with Crippen LogP contribution in [0.25, 0.3) is 0 Å². The van der Waals surface area contributed by atoms with Gasteiger partial charge in [0.15, 0.2) is 5.17 Å². The summed E-state index contributed by atoms with van der Waals surface area (Å²) in [5.74, 6) is 0.653. The number of nitrogens with one attached hydrogen (secondary N) is 1. The molecule has 33 heavy (non-hydrogen) atoms. The molecule has 176 valence electrons. The van der Waals surface area contributed by atoms with E-state index >= 15 is 0 Å². The van der Waals surface area contributed by atoms with Crippen molar-refractivity contribution in [3.63, 3.8) is 0 Å². The summed E-state index contributed by atoms with van der Waals surface area (Å²) in [6, 6.07) is 11.1. The first-order valence-electron chi connectivity index (χ1n) is 10.5. The van der Waals surface area contributed by atoms with Gasteiger partial charge in [0, 0.05) is 19.6 Å². The van der Waals surface area contributed by atoms with Crippen LogP contribution < -0.4 is 14.8 Å². The molecule has 1 saturated heterocycles. The van der Waals surface area contributed by atoms with E-state index < -0.39 is 5.25 Å². The van der Waals surface area contributed by atoms with Gasteiger partial charge >= 0.3 is 0 Å². The maximum absolute atomic E-state index is 13.1. The average molecular weight is 472 g/mol. The van der Waals surface area contributed by atoms with Crippen LogP contribution in [0.4, 0.5) is 11.4 Å². The zero-order valence-electron chi connectivity index (χ0n) is 19.5. The molecule has 0 bridgehead atoms. The number of amides is 2. The number of aliphatic imine (C=N–C) groups is 1. The van der Waals surface area contributed by atoms with E-state index in [1.165, 1.54) is 18.9 Å². The van der Waals surface area contributed by atoms with Gasteiger partial charge in [-0.2, -0.15) is 0 Å². The van der Waals surface area contributed by atoms with Crippen molar-refractivity contribution in [2.24, 2.45) is 4.99 Å². The standard InChI is InChI=1S/C24H29N3O5S/c1-15-6-8-18(16(2)12-15)26-24-27(10-11-30-3)23(29)21(33-24)14-22(28)25-19-9-7-17(31-4)13-20(19)32-5/h6-9,12-13,21H,10-11,14H2,1-5H3,(H,25,28). The van der Waals surface area contributed by atoms with Gasteiger partial charge < -0.3 is 19.5 Å². The second-order valence-electron chi connectivity index (χ2n) is 7.59. The molecule has 3 rings (SSSR count). The van der Waals surface area contributed by atoms with Crippen LogP contribution >= 0.6 is 11.8 Å². The Morgan fingerprint density at radius 2 is 1.91 bits per heavy atom. The van der Waals surface area contributed by atoms with Crippen LogP contribution in [-0.4, -0.2) is 61.6 Å². The molecular formula is C24H29N3O5S. The minimum atomic E-state index is -0.574. The third-order valence-electron chi connectivity index (χ3n) is 5.16. The third kappa shape index (κ3) is 6.06. The summed E-state index contributed by atoms with van der Waals surface area (Å²) in [6.45, 7) is 4.76. The van der Waals surface area contributed by atoms with Crippen LogP contribution in [0, 0.1) is 13.8 Å². The van der Waals surface area contributed by atoms with E-state index in [4.69, 9.17) is 19.2 Å². The van der Waals surface area contributed by atoms with Crippen molar-refractivity contribution in [2.75, 3.05) is 39.8 Å². The summed E-state index contributed by atoms with van der Waals surface area (Å²) in [5.41, 5.74) is 3.48.